The fraction of sp³-hybridized carbons (Fsp3) is 0.296. The second-order valence-corrected chi connectivity index (χ2v) is 8.59. The molecule has 0 atom stereocenters. The van der Waals surface area contributed by atoms with Gasteiger partial charge in [-0.15, -0.1) is 0 Å². The number of nitrogens with two attached hydrogens (primary N) is 1. The summed E-state index contributed by atoms with van der Waals surface area (Å²) in [5.41, 5.74) is 11.4. The fourth-order valence-electron chi connectivity index (χ4n) is 3.70. The molecule has 1 heterocycles. The van der Waals surface area contributed by atoms with Crippen molar-refractivity contribution in [2.75, 3.05) is 19.4 Å². The molecular weight excluding hydrogens is 408 g/mol. The maximum absolute atomic E-state index is 6.01. The number of rotatable bonds is 9. The number of benzene rings is 1. The third-order valence-corrected chi connectivity index (χ3v) is 5.29. The lowest BCUT2D eigenvalue weighted by molar-refractivity contribution is 0.373. The van der Waals surface area contributed by atoms with Crippen molar-refractivity contribution in [2.24, 2.45) is 10.7 Å². The van der Waals surface area contributed by atoms with Crippen molar-refractivity contribution >= 4 is 17.1 Å². The molecule has 172 valence electrons. The molecule has 1 aromatic heterocycles. The third-order valence-electron chi connectivity index (χ3n) is 5.29. The smallest absolute Gasteiger partial charge is 0.161 e. The van der Waals surface area contributed by atoms with E-state index in [9.17, 15) is 0 Å². The summed E-state index contributed by atoms with van der Waals surface area (Å²) in [5.74, 6) is 1.41. The van der Waals surface area contributed by atoms with Gasteiger partial charge in [0.15, 0.2) is 5.82 Å². The van der Waals surface area contributed by atoms with Gasteiger partial charge < -0.3 is 16.0 Å². The number of nitrogens with zero attached hydrogens (tertiary/aromatic N) is 4. The Hall–Kier alpha value is -3.51. The van der Waals surface area contributed by atoms with Gasteiger partial charge in [-0.3, -0.25) is 4.99 Å². The molecule has 0 bridgehead atoms. The molecule has 3 rings (SSSR count). The largest absolute Gasteiger partial charge is 0.383 e. The van der Waals surface area contributed by atoms with Crippen molar-refractivity contribution in [1.82, 2.24) is 14.9 Å². The molecule has 1 aromatic carbocycles. The van der Waals surface area contributed by atoms with Gasteiger partial charge in [-0.2, -0.15) is 0 Å². The first-order valence-corrected chi connectivity index (χ1v) is 11.2. The maximum Gasteiger partial charge on any atom is 0.161 e. The molecule has 1 fully saturated rings. The Morgan fingerprint density at radius 3 is 2.67 bits per heavy atom. The van der Waals surface area contributed by atoms with Crippen LogP contribution >= 0.6 is 0 Å². The van der Waals surface area contributed by atoms with E-state index >= 15 is 0 Å². The second kappa shape index (κ2) is 10.9. The van der Waals surface area contributed by atoms with Crippen LogP contribution in [0.4, 0.5) is 5.82 Å². The van der Waals surface area contributed by atoms with Crippen molar-refractivity contribution in [2.45, 2.75) is 38.8 Å². The molecule has 2 aromatic rings. The van der Waals surface area contributed by atoms with Crippen molar-refractivity contribution in [3.05, 3.63) is 84.9 Å². The van der Waals surface area contributed by atoms with Gasteiger partial charge in [0.2, 0.25) is 0 Å². The summed E-state index contributed by atoms with van der Waals surface area (Å²) in [6.45, 7) is 11.7. The predicted molar refractivity (Wildman–Crippen MR) is 140 cm³/mol. The van der Waals surface area contributed by atoms with Crippen LogP contribution in [0.25, 0.3) is 17.0 Å². The molecule has 0 spiro atoms. The topological polar surface area (TPSA) is 79.4 Å². The molecule has 33 heavy (non-hydrogen) atoms. The van der Waals surface area contributed by atoms with Gasteiger partial charge in [0.1, 0.15) is 5.82 Å². The SMILES string of the molecule is C=C/C(=C\N(C)C)c1cccc(-c2ncc(C(/C=C\C)=N/C(=C)C)c(N[C@H]3C[C@@H](N)C3)n2)c1. The third kappa shape index (κ3) is 6.26. The average molecular weight is 443 g/mol. The highest BCUT2D eigenvalue weighted by Crippen LogP contribution is 2.28. The van der Waals surface area contributed by atoms with Crippen LogP contribution in [0.1, 0.15) is 37.8 Å². The molecule has 3 N–H and O–H groups in total. The Kier molecular flexibility index (Phi) is 7.96. The van der Waals surface area contributed by atoms with Crippen LogP contribution in [0, 0.1) is 0 Å². The predicted octanol–water partition coefficient (Wildman–Crippen LogP) is 5.03. The minimum absolute atomic E-state index is 0.240. The molecule has 1 saturated carbocycles. The van der Waals surface area contributed by atoms with Crippen LogP contribution in [0.2, 0.25) is 0 Å². The molecule has 0 saturated heterocycles. The van der Waals surface area contributed by atoms with Crippen molar-refractivity contribution in [3.8, 4) is 11.4 Å². The Morgan fingerprint density at radius 1 is 1.30 bits per heavy atom. The van der Waals surface area contributed by atoms with E-state index in [0.29, 0.717) is 11.9 Å². The zero-order valence-corrected chi connectivity index (χ0v) is 20.0. The number of anilines is 1. The Morgan fingerprint density at radius 2 is 2.06 bits per heavy atom. The van der Waals surface area contributed by atoms with E-state index in [-0.39, 0.29) is 6.04 Å². The van der Waals surface area contributed by atoms with Crippen molar-refractivity contribution in [1.29, 1.82) is 0 Å². The lowest BCUT2D eigenvalue weighted by atomic mass is 9.87. The minimum Gasteiger partial charge on any atom is -0.383 e. The first-order chi connectivity index (χ1) is 15.8. The number of aromatic nitrogens is 2. The lowest BCUT2D eigenvalue weighted by Crippen LogP contribution is -2.44. The summed E-state index contributed by atoms with van der Waals surface area (Å²) in [4.78, 5) is 16.2. The molecule has 6 nitrogen and oxygen atoms in total. The summed E-state index contributed by atoms with van der Waals surface area (Å²) in [5, 5.41) is 3.56. The number of nitrogens with one attached hydrogen (secondary N) is 1. The van der Waals surface area contributed by atoms with E-state index in [0.717, 1.165) is 52.3 Å². The molecule has 6 heteroatoms. The average Bonchev–Trinajstić information content (AvgIpc) is 2.76. The molecule has 1 aliphatic carbocycles. The quantitative estimate of drug-likeness (QED) is 0.420. The van der Waals surface area contributed by atoms with E-state index in [1.54, 1.807) is 0 Å². The van der Waals surface area contributed by atoms with E-state index in [1.165, 1.54) is 0 Å². The Bertz CT molecular complexity index is 1100. The molecule has 0 aliphatic heterocycles. The normalized spacial score (nSPS) is 18.7. The maximum atomic E-state index is 6.01. The van der Waals surface area contributed by atoms with Crippen molar-refractivity contribution < 1.29 is 0 Å². The van der Waals surface area contributed by atoms with Gasteiger partial charge in [-0.25, -0.2) is 9.97 Å². The van der Waals surface area contributed by atoms with Gasteiger partial charge in [0.05, 0.1) is 11.3 Å². The van der Waals surface area contributed by atoms with Gasteiger partial charge in [0, 0.05) is 49.8 Å². The van der Waals surface area contributed by atoms with Gasteiger partial charge in [0.25, 0.3) is 0 Å². The molecule has 0 radical (unpaired) electrons. The Balaban J connectivity index is 2.06. The Labute approximate surface area is 197 Å². The fourth-order valence-corrected chi connectivity index (χ4v) is 3.70. The monoisotopic (exact) mass is 442 g/mol. The summed E-state index contributed by atoms with van der Waals surface area (Å²) in [6, 6.07) is 8.72. The van der Waals surface area contributed by atoms with Crippen molar-refractivity contribution in [3.63, 3.8) is 0 Å². The van der Waals surface area contributed by atoms with Gasteiger partial charge in [-0.1, -0.05) is 43.5 Å². The summed E-state index contributed by atoms with van der Waals surface area (Å²) >= 11 is 0. The first kappa shape index (κ1) is 24.1. The van der Waals surface area contributed by atoms with Gasteiger partial charge in [-0.05, 0) is 50.0 Å². The zero-order chi connectivity index (χ0) is 24.0. The van der Waals surface area contributed by atoms with Crippen LogP contribution in [0.5, 0.6) is 0 Å². The standard InChI is InChI=1S/C27H34N6/c1-7-10-25(30-18(3)4)24-16-29-26(32-27(24)31-23-14-22(28)15-23)21-12-9-11-20(13-21)19(8-2)17-33(5)6/h7-13,16-17,22-23H,2-3,14-15,28H2,1,4-6H3,(H,29,31,32)/b10-7-,19-17+,30-25+/t22-,23+. The van der Waals surface area contributed by atoms with Crippen LogP contribution in [-0.2, 0) is 0 Å². The molecular formula is C27H34N6. The van der Waals surface area contributed by atoms with Crippen LogP contribution < -0.4 is 11.1 Å². The summed E-state index contributed by atoms with van der Waals surface area (Å²) in [7, 11) is 3.99. The highest BCUT2D eigenvalue weighted by molar-refractivity contribution is 6.12. The van der Waals surface area contributed by atoms with E-state index in [1.807, 2.05) is 75.6 Å². The number of allylic oxidation sites excluding steroid dienone is 5. The second-order valence-electron chi connectivity index (χ2n) is 8.59. The molecule has 0 amide bonds. The highest BCUT2D eigenvalue weighted by atomic mass is 15.1. The first-order valence-electron chi connectivity index (χ1n) is 11.2. The van der Waals surface area contributed by atoms with E-state index in [2.05, 4.69) is 35.6 Å². The van der Waals surface area contributed by atoms with Crippen LogP contribution in [0.3, 0.4) is 0 Å². The minimum atomic E-state index is 0.240. The summed E-state index contributed by atoms with van der Waals surface area (Å²) < 4.78 is 0. The number of hydrogen-bond donors (Lipinski definition) is 2. The zero-order valence-electron chi connectivity index (χ0n) is 20.0. The summed E-state index contributed by atoms with van der Waals surface area (Å²) in [6.07, 6.45) is 11.5. The molecule has 0 unspecified atom stereocenters. The highest BCUT2D eigenvalue weighted by Gasteiger charge is 2.27. The van der Waals surface area contributed by atoms with Crippen LogP contribution in [-0.4, -0.2) is 46.8 Å². The number of aliphatic imine (C=N–C) groups is 1. The molecule has 1 aliphatic rings. The van der Waals surface area contributed by atoms with E-state index in [4.69, 9.17) is 15.7 Å². The number of hydrogen-bond acceptors (Lipinski definition) is 6. The lowest BCUT2D eigenvalue weighted by Gasteiger charge is -2.34. The van der Waals surface area contributed by atoms with E-state index < -0.39 is 0 Å². The van der Waals surface area contributed by atoms with Crippen LogP contribution in [0.15, 0.2) is 78.7 Å². The van der Waals surface area contributed by atoms with Gasteiger partial charge >= 0.3 is 0 Å².